The summed E-state index contributed by atoms with van der Waals surface area (Å²) in [6, 6.07) is 6.18. The fourth-order valence-corrected chi connectivity index (χ4v) is 1.72. The minimum atomic E-state index is -1.05. The Hall–Kier alpha value is -2.04. The first-order chi connectivity index (χ1) is 8.45. The third-order valence-corrected chi connectivity index (χ3v) is 2.77. The molecule has 0 saturated heterocycles. The molecule has 1 aromatic rings. The molecule has 1 aromatic carbocycles. The van der Waals surface area contributed by atoms with Crippen molar-refractivity contribution in [2.75, 3.05) is 7.11 Å². The smallest absolute Gasteiger partial charge is 0.326 e. The van der Waals surface area contributed by atoms with Crippen molar-refractivity contribution in [2.45, 2.75) is 25.8 Å². The molecule has 0 unspecified atom stereocenters. The van der Waals surface area contributed by atoms with Crippen LogP contribution < -0.4 is 10.1 Å². The quantitative estimate of drug-likeness (QED) is 0.829. The molecule has 0 aliphatic heterocycles. The lowest BCUT2D eigenvalue weighted by Crippen LogP contribution is -2.43. The normalized spacial score (nSPS) is 13.5. The van der Waals surface area contributed by atoms with E-state index < -0.39 is 12.0 Å². The van der Waals surface area contributed by atoms with Gasteiger partial charge >= 0.3 is 5.97 Å². The molecule has 18 heavy (non-hydrogen) atoms. The fraction of sp³-hybridized carbons (Fsp3) is 0.385. The summed E-state index contributed by atoms with van der Waals surface area (Å²) in [5.41, 5.74) is 0.831. The number of nitrogens with one attached hydrogen (secondary N) is 1. The number of amides is 1. The van der Waals surface area contributed by atoms with E-state index in [4.69, 9.17) is 9.84 Å². The van der Waals surface area contributed by atoms with E-state index in [1.165, 1.54) is 6.92 Å². The van der Waals surface area contributed by atoms with Gasteiger partial charge in [0.25, 0.3) is 0 Å². The van der Waals surface area contributed by atoms with Gasteiger partial charge in [0.2, 0.25) is 5.91 Å². The third kappa shape index (κ3) is 3.48. The number of hydrogen-bond acceptors (Lipinski definition) is 3. The minimum Gasteiger partial charge on any atom is -0.497 e. The highest BCUT2D eigenvalue weighted by molar-refractivity contribution is 5.83. The van der Waals surface area contributed by atoms with Crippen LogP contribution in [0.3, 0.4) is 0 Å². The summed E-state index contributed by atoms with van der Waals surface area (Å²) >= 11 is 0. The molecule has 0 spiro atoms. The lowest BCUT2D eigenvalue weighted by Gasteiger charge is -2.21. The van der Waals surface area contributed by atoms with E-state index in [1.54, 1.807) is 38.3 Å². The Morgan fingerprint density at radius 3 is 2.22 bits per heavy atom. The molecule has 1 amide bonds. The first kappa shape index (κ1) is 14.0. The van der Waals surface area contributed by atoms with Crippen molar-refractivity contribution in [1.29, 1.82) is 0 Å². The van der Waals surface area contributed by atoms with Crippen molar-refractivity contribution >= 4 is 11.9 Å². The Bertz CT molecular complexity index is 427. The zero-order valence-electron chi connectivity index (χ0n) is 10.6. The first-order valence-electron chi connectivity index (χ1n) is 5.59. The Morgan fingerprint density at radius 2 is 1.83 bits per heavy atom. The van der Waals surface area contributed by atoms with Crippen molar-refractivity contribution in [1.82, 2.24) is 5.32 Å². The second kappa shape index (κ2) is 6.05. The van der Waals surface area contributed by atoms with Gasteiger partial charge in [-0.3, -0.25) is 4.79 Å². The number of benzene rings is 1. The van der Waals surface area contributed by atoms with E-state index in [2.05, 4.69) is 5.32 Å². The SMILES string of the molecule is COc1ccc([C@H](C)[C@H](NC(C)=O)C(=O)O)cc1. The second-order valence-electron chi connectivity index (χ2n) is 4.08. The number of carboxylic acids is 1. The lowest BCUT2D eigenvalue weighted by molar-refractivity contribution is -0.142. The van der Waals surface area contributed by atoms with Crippen LogP contribution in [0.4, 0.5) is 0 Å². The van der Waals surface area contributed by atoms with Crippen LogP contribution in [0.5, 0.6) is 5.75 Å². The van der Waals surface area contributed by atoms with E-state index >= 15 is 0 Å². The summed E-state index contributed by atoms with van der Waals surface area (Å²) in [4.78, 5) is 22.1. The van der Waals surface area contributed by atoms with Crippen LogP contribution in [-0.2, 0) is 9.59 Å². The van der Waals surface area contributed by atoms with E-state index in [0.29, 0.717) is 5.75 Å². The molecule has 0 heterocycles. The lowest BCUT2D eigenvalue weighted by atomic mass is 9.93. The number of carbonyl (C=O) groups is 2. The fourth-order valence-electron chi connectivity index (χ4n) is 1.72. The summed E-state index contributed by atoms with van der Waals surface area (Å²) in [6.45, 7) is 3.06. The molecule has 0 aliphatic rings. The van der Waals surface area contributed by atoms with Gasteiger partial charge in [-0.2, -0.15) is 0 Å². The zero-order chi connectivity index (χ0) is 13.7. The molecule has 0 saturated carbocycles. The van der Waals surface area contributed by atoms with Crippen LogP contribution in [0.1, 0.15) is 25.3 Å². The highest BCUT2D eigenvalue weighted by Crippen LogP contribution is 2.22. The molecule has 2 atom stereocenters. The van der Waals surface area contributed by atoms with Gasteiger partial charge < -0.3 is 15.2 Å². The van der Waals surface area contributed by atoms with Crippen LogP contribution >= 0.6 is 0 Å². The van der Waals surface area contributed by atoms with Gasteiger partial charge in [-0.05, 0) is 17.7 Å². The molecule has 0 fully saturated rings. The predicted octanol–water partition coefficient (Wildman–Crippen LogP) is 1.39. The largest absolute Gasteiger partial charge is 0.497 e. The standard InChI is InChI=1S/C13H17NO4/c1-8(12(13(16)17)14-9(2)15)10-4-6-11(18-3)7-5-10/h4-8,12H,1-3H3,(H,14,15)(H,16,17)/t8-,12-/m0/s1. The Labute approximate surface area is 106 Å². The van der Waals surface area contributed by atoms with Crippen molar-refractivity contribution in [3.8, 4) is 5.75 Å². The summed E-state index contributed by atoms with van der Waals surface area (Å²) in [5.74, 6) is -1.02. The van der Waals surface area contributed by atoms with E-state index in [9.17, 15) is 9.59 Å². The molecule has 2 N–H and O–H groups in total. The number of ether oxygens (including phenoxy) is 1. The van der Waals surface area contributed by atoms with Gasteiger partial charge in [0.05, 0.1) is 7.11 Å². The van der Waals surface area contributed by atoms with E-state index in [-0.39, 0.29) is 11.8 Å². The highest BCUT2D eigenvalue weighted by atomic mass is 16.5. The number of methoxy groups -OCH3 is 1. The van der Waals surface area contributed by atoms with Gasteiger partial charge in [-0.1, -0.05) is 19.1 Å². The van der Waals surface area contributed by atoms with Crippen LogP contribution in [0, 0.1) is 0 Å². The summed E-state index contributed by atoms with van der Waals surface area (Å²) in [5, 5.41) is 11.6. The Kier molecular flexibility index (Phi) is 4.71. The maximum absolute atomic E-state index is 11.1. The zero-order valence-corrected chi connectivity index (χ0v) is 10.6. The van der Waals surface area contributed by atoms with Crippen LogP contribution in [0.15, 0.2) is 24.3 Å². The molecule has 5 nitrogen and oxygen atoms in total. The summed E-state index contributed by atoms with van der Waals surface area (Å²) in [7, 11) is 1.57. The summed E-state index contributed by atoms with van der Waals surface area (Å²) in [6.07, 6.45) is 0. The van der Waals surface area contributed by atoms with Crippen molar-refractivity contribution in [3.63, 3.8) is 0 Å². The number of carboxylic acid groups (broad SMARTS) is 1. The average molecular weight is 251 g/mol. The highest BCUT2D eigenvalue weighted by Gasteiger charge is 2.26. The van der Waals surface area contributed by atoms with Crippen LogP contribution in [-0.4, -0.2) is 30.1 Å². The number of carbonyl (C=O) groups excluding carboxylic acids is 1. The molecule has 0 bridgehead atoms. The van der Waals surface area contributed by atoms with Crippen molar-refractivity contribution in [3.05, 3.63) is 29.8 Å². The second-order valence-corrected chi connectivity index (χ2v) is 4.08. The predicted molar refractivity (Wildman–Crippen MR) is 66.6 cm³/mol. The van der Waals surface area contributed by atoms with E-state index in [0.717, 1.165) is 5.56 Å². The average Bonchev–Trinajstić information content (AvgIpc) is 2.34. The Balaban J connectivity index is 2.90. The number of aliphatic carboxylic acids is 1. The summed E-state index contributed by atoms with van der Waals surface area (Å²) < 4.78 is 5.04. The first-order valence-corrected chi connectivity index (χ1v) is 5.59. The Morgan fingerprint density at radius 1 is 1.28 bits per heavy atom. The maximum atomic E-state index is 11.1. The molecular formula is C13H17NO4. The number of hydrogen-bond donors (Lipinski definition) is 2. The van der Waals surface area contributed by atoms with E-state index in [1.807, 2.05) is 0 Å². The topological polar surface area (TPSA) is 75.6 Å². The molecule has 1 rings (SSSR count). The molecule has 0 aliphatic carbocycles. The van der Waals surface area contributed by atoms with Gasteiger partial charge in [0, 0.05) is 12.8 Å². The van der Waals surface area contributed by atoms with Gasteiger partial charge in [-0.15, -0.1) is 0 Å². The molecule has 98 valence electrons. The molecular weight excluding hydrogens is 234 g/mol. The van der Waals surface area contributed by atoms with Gasteiger partial charge in [0.15, 0.2) is 0 Å². The van der Waals surface area contributed by atoms with Crippen LogP contribution in [0.25, 0.3) is 0 Å². The van der Waals surface area contributed by atoms with Crippen molar-refractivity contribution in [2.24, 2.45) is 0 Å². The third-order valence-electron chi connectivity index (χ3n) is 2.77. The van der Waals surface area contributed by atoms with Gasteiger partial charge in [-0.25, -0.2) is 4.79 Å². The molecule has 5 heteroatoms. The van der Waals surface area contributed by atoms with Gasteiger partial charge in [0.1, 0.15) is 11.8 Å². The maximum Gasteiger partial charge on any atom is 0.326 e. The van der Waals surface area contributed by atoms with Crippen molar-refractivity contribution < 1.29 is 19.4 Å². The molecule has 0 radical (unpaired) electrons. The monoisotopic (exact) mass is 251 g/mol. The minimum absolute atomic E-state index is 0.322. The van der Waals surface area contributed by atoms with Crippen LogP contribution in [0.2, 0.25) is 0 Å². The number of rotatable bonds is 5. The molecule has 0 aromatic heterocycles.